The summed E-state index contributed by atoms with van der Waals surface area (Å²) in [5, 5.41) is 11.9. The highest BCUT2D eigenvalue weighted by atomic mass is 19.1. The standard InChI is InChI=1S/C14H11F2NO3/c15-9-5-10(16)7-11(6-9)20-8-14(19)17-12-3-1-2-4-13(12)18/h1-7,18H,8H2,(H,17,19). The second-order valence-corrected chi connectivity index (χ2v) is 3.96. The van der Waals surface area contributed by atoms with Gasteiger partial charge in [-0.25, -0.2) is 8.78 Å². The van der Waals surface area contributed by atoms with E-state index in [1.807, 2.05) is 0 Å². The Morgan fingerprint density at radius 2 is 1.80 bits per heavy atom. The predicted octanol–water partition coefficient (Wildman–Crippen LogP) is 2.69. The van der Waals surface area contributed by atoms with E-state index in [0.29, 0.717) is 6.07 Å². The molecule has 0 saturated carbocycles. The van der Waals surface area contributed by atoms with E-state index in [1.54, 1.807) is 12.1 Å². The van der Waals surface area contributed by atoms with Crippen LogP contribution in [0.1, 0.15) is 0 Å². The molecule has 0 aliphatic heterocycles. The molecule has 0 heterocycles. The number of carbonyl (C=O) groups excluding carboxylic acids is 1. The number of halogens is 2. The SMILES string of the molecule is O=C(COc1cc(F)cc(F)c1)Nc1ccccc1O. The lowest BCUT2D eigenvalue weighted by Crippen LogP contribution is -2.20. The molecule has 0 spiro atoms. The van der Waals surface area contributed by atoms with Gasteiger partial charge < -0.3 is 15.2 Å². The van der Waals surface area contributed by atoms with Crippen molar-refractivity contribution in [1.82, 2.24) is 0 Å². The molecule has 0 atom stereocenters. The molecule has 6 heteroatoms. The van der Waals surface area contributed by atoms with Crippen molar-refractivity contribution in [3.63, 3.8) is 0 Å². The highest BCUT2D eigenvalue weighted by Crippen LogP contribution is 2.21. The smallest absolute Gasteiger partial charge is 0.262 e. The van der Waals surface area contributed by atoms with Gasteiger partial charge >= 0.3 is 0 Å². The number of aromatic hydroxyl groups is 1. The van der Waals surface area contributed by atoms with Crippen molar-refractivity contribution in [2.24, 2.45) is 0 Å². The minimum Gasteiger partial charge on any atom is -0.506 e. The molecule has 0 aromatic heterocycles. The minimum atomic E-state index is -0.791. The molecular weight excluding hydrogens is 268 g/mol. The average molecular weight is 279 g/mol. The van der Waals surface area contributed by atoms with E-state index in [1.165, 1.54) is 12.1 Å². The van der Waals surface area contributed by atoms with E-state index >= 15 is 0 Å². The van der Waals surface area contributed by atoms with Gasteiger partial charge in [-0.2, -0.15) is 0 Å². The summed E-state index contributed by atoms with van der Waals surface area (Å²) in [5.74, 6) is -2.31. The van der Waals surface area contributed by atoms with E-state index in [0.717, 1.165) is 12.1 Å². The summed E-state index contributed by atoms with van der Waals surface area (Å²) in [7, 11) is 0. The molecule has 2 rings (SSSR count). The number of rotatable bonds is 4. The largest absolute Gasteiger partial charge is 0.506 e. The molecule has 0 unspecified atom stereocenters. The molecule has 0 radical (unpaired) electrons. The number of ether oxygens (including phenoxy) is 1. The molecule has 0 aliphatic rings. The van der Waals surface area contributed by atoms with Crippen molar-refractivity contribution in [3.8, 4) is 11.5 Å². The van der Waals surface area contributed by atoms with E-state index in [2.05, 4.69) is 5.32 Å². The number of phenols is 1. The maximum Gasteiger partial charge on any atom is 0.262 e. The molecule has 0 fully saturated rings. The van der Waals surface area contributed by atoms with Crippen molar-refractivity contribution < 1.29 is 23.4 Å². The summed E-state index contributed by atoms with van der Waals surface area (Å²) in [6, 6.07) is 8.81. The van der Waals surface area contributed by atoms with Crippen LogP contribution in [0.3, 0.4) is 0 Å². The maximum atomic E-state index is 12.9. The number of hydrogen-bond donors (Lipinski definition) is 2. The lowest BCUT2D eigenvalue weighted by molar-refractivity contribution is -0.118. The Kier molecular flexibility index (Phi) is 4.14. The van der Waals surface area contributed by atoms with Gasteiger partial charge in [0.15, 0.2) is 6.61 Å². The van der Waals surface area contributed by atoms with Gasteiger partial charge in [-0.1, -0.05) is 12.1 Å². The van der Waals surface area contributed by atoms with Gasteiger partial charge in [-0.05, 0) is 12.1 Å². The van der Waals surface area contributed by atoms with Gasteiger partial charge in [0, 0.05) is 18.2 Å². The van der Waals surface area contributed by atoms with Gasteiger partial charge in [0.25, 0.3) is 5.91 Å². The van der Waals surface area contributed by atoms with E-state index in [-0.39, 0.29) is 17.2 Å². The Hall–Kier alpha value is -2.63. The zero-order valence-corrected chi connectivity index (χ0v) is 10.3. The highest BCUT2D eigenvalue weighted by molar-refractivity contribution is 5.93. The maximum absolute atomic E-state index is 12.9. The first-order valence-electron chi connectivity index (χ1n) is 5.71. The van der Waals surface area contributed by atoms with Gasteiger partial charge in [-0.3, -0.25) is 4.79 Å². The van der Waals surface area contributed by atoms with Crippen LogP contribution in [0, 0.1) is 11.6 Å². The van der Waals surface area contributed by atoms with Crippen LogP contribution in [0.5, 0.6) is 11.5 Å². The fourth-order valence-electron chi connectivity index (χ4n) is 1.53. The molecule has 2 N–H and O–H groups in total. The number of benzene rings is 2. The number of para-hydroxylation sites is 2. The molecule has 4 nitrogen and oxygen atoms in total. The van der Waals surface area contributed by atoms with Crippen molar-refractivity contribution in [2.45, 2.75) is 0 Å². The number of amides is 1. The third-order valence-electron chi connectivity index (χ3n) is 2.38. The number of anilines is 1. The lowest BCUT2D eigenvalue weighted by atomic mass is 10.3. The third kappa shape index (κ3) is 3.68. The van der Waals surface area contributed by atoms with Crippen LogP contribution in [-0.4, -0.2) is 17.6 Å². The topological polar surface area (TPSA) is 58.6 Å². The number of phenolic OH excluding ortho intramolecular Hbond substituents is 1. The van der Waals surface area contributed by atoms with Crippen molar-refractivity contribution >= 4 is 11.6 Å². The Balaban J connectivity index is 1.94. The molecule has 2 aromatic carbocycles. The normalized spacial score (nSPS) is 10.1. The molecular formula is C14H11F2NO3. The average Bonchev–Trinajstić information content (AvgIpc) is 2.38. The van der Waals surface area contributed by atoms with Gasteiger partial charge in [0.2, 0.25) is 0 Å². The van der Waals surface area contributed by atoms with E-state index in [4.69, 9.17) is 4.74 Å². The highest BCUT2D eigenvalue weighted by Gasteiger charge is 2.08. The van der Waals surface area contributed by atoms with Crippen LogP contribution in [-0.2, 0) is 4.79 Å². The summed E-state index contributed by atoms with van der Waals surface area (Å²) in [6.07, 6.45) is 0. The Morgan fingerprint density at radius 3 is 2.45 bits per heavy atom. The minimum absolute atomic E-state index is 0.0855. The predicted molar refractivity (Wildman–Crippen MR) is 68.6 cm³/mol. The first kappa shape index (κ1) is 13.8. The molecule has 0 aliphatic carbocycles. The summed E-state index contributed by atoms with van der Waals surface area (Å²) in [6.45, 7) is -0.433. The zero-order valence-electron chi connectivity index (χ0n) is 10.3. The molecule has 1 amide bonds. The van der Waals surface area contributed by atoms with Crippen LogP contribution in [0.2, 0.25) is 0 Å². The second-order valence-electron chi connectivity index (χ2n) is 3.96. The fourth-order valence-corrected chi connectivity index (χ4v) is 1.53. The molecule has 0 saturated heterocycles. The van der Waals surface area contributed by atoms with Crippen LogP contribution < -0.4 is 10.1 Å². The monoisotopic (exact) mass is 279 g/mol. The molecule has 104 valence electrons. The summed E-state index contributed by atoms with van der Waals surface area (Å²) < 4.78 is 30.8. The van der Waals surface area contributed by atoms with Crippen LogP contribution >= 0.6 is 0 Å². The number of carbonyl (C=O) groups is 1. The number of nitrogens with one attached hydrogen (secondary N) is 1. The number of hydrogen-bond acceptors (Lipinski definition) is 3. The van der Waals surface area contributed by atoms with Gasteiger partial charge in [-0.15, -0.1) is 0 Å². The Labute approximate surface area is 113 Å². The third-order valence-corrected chi connectivity index (χ3v) is 2.38. The Bertz CT molecular complexity index is 611. The molecule has 2 aromatic rings. The van der Waals surface area contributed by atoms with Crippen LogP contribution in [0.25, 0.3) is 0 Å². The summed E-state index contributed by atoms with van der Waals surface area (Å²) >= 11 is 0. The summed E-state index contributed by atoms with van der Waals surface area (Å²) in [4.78, 5) is 11.6. The van der Waals surface area contributed by atoms with Crippen molar-refractivity contribution in [3.05, 3.63) is 54.1 Å². The summed E-state index contributed by atoms with van der Waals surface area (Å²) in [5.41, 5.74) is 0.228. The van der Waals surface area contributed by atoms with E-state index < -0.39 is 24.1 Å². The van der Waals surface area contributed by atoms with Gasteiger partial charge in [0.1, 0.15) is 23.1 Å². The quantitative estimate of drug-likeness (QED) is 0.846. The van der Waals surface area contributed by atoms with Crippen molar-refractivity contribution in [2.75, 3.05) is 11.9 Å². The van der Waals surface area contributed by atoms with Gasteiger partial charge in [0.05, 0.1) is 5.69 Å². The molecule has 20 heavy (non-hydrogen) atoms. The van der Waals surface area contributed by atoms with Crippen LogP contribution in [0.4, 0.5) is 14.5 Å². The first-order valence-corrected chi connectivity index (χ1v) is 5.71. The molecule has 0 bridgehead atoms. The fraction of sp³-hybridized carbons (Fsp3) is 0.0714. The van der Waals surface area contributed by atoms with Crippen molar-refractivity contribution in [1.29, 1.82) is 0 Å². The Morgan fingerprint density at radius 1 is 1.15 bits per heavy atom. The van der Waals surface area contributed by atoms with E-state index in [9.17, 15) is 18.7 Å². The zero-order chi connectivity index (χ0) is 14.5. The lowest BCUT2D eigenvalue weighted by Gasteiger charge is -2.08. The second kappa shape index (κ2) is 6.01. The first-order chi connectivity index (χ1) is 9.54. The van der Waals surface area contributed by atoms with Crippen LogP contribution in [0.15, 0.2) is 42.5 Å².